The van der Waals surface area contributed by atoms with Gasteiger partial charge in [-0.2, -0.15) is 0 Å². The molecular weight excluding hydrogens is 417 g/mol. The van der Waals surface area contributed by atoms with Crippen molar-refractivity contribution in [3.63, 3.8) is 0 Å². The molecule has 4 nitrogen and oxygen atoms in total. The van der Waals surface area contributed by atoms with E-state index in [1.165, 1.54) is 16.7 Å². The zero-order valence-electron chi connectivity index (χ0n) is 14.8. The summed E-state index contributed by atoms with van der Waals surface area (Å²) in [5.74, 6) is 1.73. The molecule has 4 rings (SSSR count). The van der Waals surface area contributed by atoms with Crippen molar-refractivity contribution < 1.29 is 43.0 Å². The number of halogens is 1. The lowest BCUT2D eigenvalue weighted by Gasteiger charge is -2.36. The third kappa shape index (κ3) is 2.47. The first-order valence-electron chi connectivity index (χ1n) is 8.43. The molecule has 5 heteroatoms. The summed E-state index contributed by atoms with van der Waals surface area (Å²) in [6.45, 7) is 4.27. The molecule has 0 fully saturated rings. The molecule has 0 bridgehead atoms. The van der Waals surface area contributed by atoms with E-state index in [1.807, 2.05) is 6.08 Å². The van der Waals surface area contributed by atoms with Crippen LogP contribution >= 0.6 is 0 Å². The van der Waals surface area contributed by atoms with Crippen molar-refractivity contribution in [3.8, 4) is 11.5 Å². The second-order valence-corrected chi connectivity index (χ2v) is 7.95. The van der Waals surface area contributed by atoms with E-state index < -0.39 is 6.10 Å². The average molecular weight is 443 g/mol. The van der Waals surface area contributed by atoms with E-state index >= 15 is 0 Å². The largest absolute Gasteiger partial charge is 1.00 e. The molecule has 1 N–H and O–H groups in total. The molecule has 24 heavy (non-hydrogen) atoms. The van der Waals surface area contributed by atoms with Crippen LogP contribution in [0.3, 0.4) is 0 Å². The highest BCUT2D eigenvalue weighted by Crippen LogP contribution is 2.56. The lowest BCUT2D eigenvalue weighted by molar-refractivity contribution is -0.903. The molecule has 1 aromatic rings. The fourth-order valence-electron chi connectivity index (χ4n) is 4.57. The Hall–Kier alpha value is -0.790. The van der Waals surface area contributed by atoms with Crippen LogP contribution in [0.15, 0.2) is 18.2 Å². The van der Waals surface area contributed by atoms with Gasteiger partial charge in [-0.3, -0.25) is 0 Å². The van der Waals surface area contributed by atoms with Gasteiger partial charge in [-0.05, 0) is 18.6 Å². The van der Waals surface area contributed by atoms with Crippen molar-refractivity contribution in [2.75, 3.05) is 27.7 Å². The minimum atomic E-state index is -0.416. The molecule has 132 valence electrons. The summed E-state index contributed by atoms with van der Waals surface area (Å²) < 4.78 is 12.9. The lowest BCUT2D eigenvalue weighted by Crippen LogP contribution is -3.00. The van der Waals surface area contributed by atoms with E-state index in [4.69, 9.17) is 9.47 Å². The summed E-state index contributed by atoms with van der Waals surface area (Å²) in [5.41, 5.74) is 3.87. The summed E-state index contributed by atoms with van der Waals surface area (Å²) >= 11 is 0. The maximum Gasteiger partial charge on any atom is 0.166 e. The molecule has 1 aliphatic carbocycles. The van der Waals surface area contributed by atoms with Crippen molar-refractivity contribution >= 4 is 0 Å². The van der Waals surface area contributed by atoms with Crippen molar-refractivity contribution in [1.29, 1.82) is 0 Å². The molecule has 0 saturated heterocycles. The molecule has 0 radical (unpaired) electrons. The second-order valence-electron chi connectivity index (χ2n) is 7.95. The summed E-state index contributed by atoms with van der Waals surface area (Å²) in [6.07, 6.45) is 5.46. The van der Waals surface area contributed by atoms with E-state index in [-0.39, 0.29) is 35.5 Å². The third-order valence-corrected chi connectivity index (χ3v) is 5.88. The van der Waals surface area contributed by atoms with Gasteiger partial charge < -0.3 is 43.0 Å². The Labute approximate surface area is 161 Å². The Morgan fingerprint density at radius 2 is 2.12 bits per heavy atom. The van der Waals surface area contributed by atoms with Gasteiger partial charge >= 0.3 is 0 Å². The molecule has 1 aromatic carbocycles. The van der Waals surface area contributed by atoms with Gasteiger partial charge in [0, 0.05) is 24.0 Å². The van der Waals surface area contributed by atoms with Gasteiger partial charge in [0.25, 0.3) is 0 Å². The monoisotopic (exact) mass is 443 g/mol. The van der Waals surface area contributed by atoms with Crippen LogP contribution in [0.2, 0.25) is 0 Å². The number of rotatable bonds is 1. The average Bonchev–Trinajstić information content (AvgIpc) is 2.76. The molecule has 3 aliphatic rings. The van der Waals surface area contributed by atoms with Gasteiger partial charge in [-0.15, -0.1) is 0 Å². The van der Waals surface area contributed by atoms with Crippen LogP contribution in [-0.2, 0) is 12.0 Å². The Balaban J connectivity index is 0.00000169. The third-order valence-electron chi connectivity index (χ3n) is 5.88. The van der Waals surface area contributed by atoms with E-state index in [2.05, 4.69) is 33.2 Å². The molecular formula is C19H26INO3. The molecule has 3 atom stereocenters. The molecule has 2 heterocycles. The van der Waals surface area contributed by atoms with Crippen LogP contribution in [-0.4, -0.2) is 49.5 Å². The Morgan fingerprint density at radius 3 is 2.83 bits per heavy atom. The maximum absolute atomic E-state index is 10.1. The number of aliphatic hydroxyl groups excluding tert-OH is 1. The summed E-state index contributed by atoms with van der Waals surface area (Å²) in [5, 5.41) is 10.1. The highest BCUT2D eigenvalue weighted by atomic mass is 127. The molecule has 1 spiro atoms. The van der Waals surface area contributed by atoms with Crippen LogP contribution in [0.5, 0.6) is 11.5 Å². The first-order chi connectivity index (χ1) is 10.9. The Kier molecular flexibility index (Phi) is 4.42. The first kappa shape index (κ1) is 18.0. The van der Waals surface area contributed by atoms with E-state index in [0.717, 1.165) is 35.5 Å². The molecule has 1 unspecified atom stereocenters. The summed E-state index contributed by atoms with van der Waals surface area (Å²) in [4.78, 5) is 0. The van der Waals surface area contributed by atoms with Gasteiger partial charge in [0.05, 0.1) is 39.3 Å². The maximum atomic E-state index is 10.1. The minimum absolute atomic E-state index is 0. The normalized spacial score (nSPS) is 32.0. The van der Waals surface area contributed by atoms with Crippen molar-refractivity contribution in [1.82, 2.24) is 0 Å². The standard InChI is InChI=1S/C19H26NO3.HI/c1-12-9-15(22-4)18-17-14(12)11-20(2,3)8-7-19(17)6-5-13(21)10-16(19)23-18;/h5-6,9,13,16,21H,7-8,10-11H2,1-4H3;1H/q+1;/p-1/t13-,16-,19?;/m1./s1. The van der Waals surface area contributed by atoms with Crippen LogP contribution in [0.4, 0.5) is 0 Å². The van der Waals surface area contributed by atoms with E-state index in [1.54, 1.807) is 7.11 Å². The van der Waals surface area contributed by atoms with Gasteiger partial charge in [0.2, 0.25) is 0 Å². The van der Waals surface area contributed by atoms with Crippen molar-refractivity contribution in [2.45, 2.75) is 43.9 Å². The van der Waals surface area contributed by atoms with Crippen molar-refractivity contribution in [2.24, 2.45) is 0 Å². The second kappa shape index (κ2) is 5.88. The van der Waals surface area contributed by atoms with E-state index in [0.29, 0.717) is 6.42 Å². The number of aliphatic hydroxyl groups is 1. The lowest BCUT2D eigenvalue weighted by atomic mass is 9.68. The first-order valence-corrected chi connectivity index (χ1v) is 8.43. The molecule has 0 amide bonds. The van der Waals surface area contributed by atoms with Crippen LogP contribution in [0, 0.1) is 6.92 Å². The summed E-state index contributed by atoms with van der Waals surface area (Å²) in [7, 11) is 6.30. The number of hydrogen-bond acceptors (Lipinski definition) is 3. The number of methoxy groups -OCH3 is 1. The van der Waals surface area contributed by atoms with Gasteiger partial charge in [0.15, 0.2) is 11.5 Å². The predicted octanol–water partition coefficient (Wildman–Crippen LogP) is -0.693. The fraction of sp³-hybridized carbons (Fsp3) is 0.579. The zero-order valence-corrected chi connectivity index (χ0v) is 17.0. The number of hydrogen-bond donors (Lipinski definition) is 1. The van der Waals surface area contributed by atoms with Gasteiger partial charge in [-0.1, -0.05) is 12.2 Å². The van der Waals surface area contributed by atoms with Gasteiger partial charge in [-0.25, -0.2) is 0 Å². The fourth-order valence-corrected chi connectivity index (χ4v) is 4.57. The van der Waals surface area contributed by atoms with Crippen LogP contribution in [0.1, 0.15) is 29.5 Å². The highest BCUT2D eigenvalue weighted by molar-refractivity contribution is 5.62. The quantitative estimate of drug-likeness (QED) is 0.355. The molecule has 0 aromatic heterocycles. The minimum Gasteiger partial charge on any atom is -1.00 e. The Bertz CT molecular complexity index is 700. The number of nitrogens with zero attached hydrogens (tertiary/aromatic N) is 1. The topological polar surface area (TPSA) is 38.7 Å². The van der Waals surface area contributed by atoms with Crippen molar-refractivity contribution in [3.05, 3.63) is 34.9 Å². The molecule has 0 saturated carbocycles. The number of aryl methyl sites for hydroxylation is 1. The zero-order chi connectivity index (χ0) is 16.4. The number of benzene rings is 1. The van der Waals surface area contributed by atoms with Gasteiger partial charge in [0.1, 0.15) is 12.6 Å². The Morgan fingerprint density at radius 1 is 1.38 bits per heavy atom. The highest BCUT2D eigenvalue weighted by Gasteiger charge is 2.54. The van der Waals surface area contributed by atoms with Crippen LogP contribution < -0.4 is 33.5 Å². The number of quaternary nitrogens is 1. The van der Waals surface area contributed by atoms with E-state index in [9.17, 15) is 5.11 Å². The van der Waals surface area contributed by atoms with Crippen LogP contribution in [0.25, 0.3) is 0 Å². The predicted molar refractivity (Wildman–Crippen MR) is 88.9 cm³/mol. The molecule has 2 aliphatic heterocycles. The smallest absolute Gasteiger partial charge is 0.166 e. The number of ether oxygens (including phenoxy) is 2. The SMILES string of the molecule is COc1cc(C)c2c3c1O[C@@H]1C[C@H](O)C=CC31CC[N+](C)(C)C2.[I-]. The summed E-state index contributed by atoms with van der Waals surface area (Å²) in [6, 6.07) is 2.10.